The van der Waals surface area contributed by atoms with E-state index < -0.39 is 33.9 Å². The van der Waals surface area contributed by atoms with Crippen molar-refractivity contribution in [2.45, 2.75) is 19.2 Å². The van der Waals surface area contributed by atoms with Gasteiger partial charge < -0.3 is 9.84 Å². The Kier molecular flexibility index (Phi) is 5.41. The lowest BCUT2D eigenvalue weighted by Gasteiger charge is -2.14. The number of para-hydroxylation sites is 2. The average molecular weight is 327 g/mol. The molecule has 0 bridgehead atoms. The van der Waals surface area contributed by atoms with E-state index in [-0.39, 0.29) is 18.5 Å². The predicted molar refractivity (Wildman–Crippen MR) is 67.4 cm³/mol. The lowest BCUT2D eigenvalue weighted by molar-refractivity contribution is -0.274. The van der Waals surface area contributed by atoms with E-state index in [1.54, 1.807) is 0 Å². The number of hydrogen-bond donors (Lipinski definition) is 2. The van der Waals surface area contributed by atoms with Crippen LogP contribution in [0.3, 0.4) is 0 Å². The van der Waals surface area contributed by atoms with Crippen LogP contribution in [0.25, 0.3) is 0 Å². The molecule has 0 amide bonds. The average Bonchev–Trinajstić information content (AvgIpc) is 2.28. The van der Waals surface area contributed by atoms with Crippen LogP contribution in [0.4, 0.5) is 18.9 Å². The minimum absolute atomic E-state index is 0.160. The first-order valence-corrected chi connectivity index (χ1v) is 7.31. The second kappa shape index (κ2) is 6.66. The van der Waals surface area contributed by atoms with E-state index in [0.29, 0.717) is 0 Å². The Morgan fingerprint density at radius 1 is 1.29 bits per heavy atom. The molecule has 0 fully saturated rings. The summed E-state index contributed by atoms with van der Waals surface area (Å²) < 4.78 is 65.5. The van der Waals surface area contributed by atoms with E-state index in [1.165, 1.54) is 12.1 Å². The first-order chi connectivity index (χ1) is 9.59. The number of rotatable bonds is 7. The third-order valence-corrected chi connectivity index (χ3v) is 3.54. The van der Waals surface area contributed by atoms with E-state index in [2.05, 4.69) is 4.74 Å². The molecule has 0 saturated heterocycles. The van der Waals surface area contributed by atoms with Gasteiger partial charge in [0.1, 0.15) is 0 Å². The molecule has 1 rings (SSSR count). The van der Waals surface area contributed by atoms with Crippen LogP contribution < -0.4 is 9.46 Å². The number of benzene rings is 1. The molecular formula is C11H12F3NO5S. The molecule has 1 aromatic carbocycles. The Hall–Kier alpha value is -1.97. The van der Waals surface area contributed by atoms with Gasteiger partial charge in [-0.25, -0.2) is 8.42 Å². The fourth-order valence-corrected chi connectivity index (χ4v) is 2.53. The SMILES string of the molecule is O=C(O)CCCS(=O)(=O)Nc1ccccc1OC(F)(F)F. The van der Waals surface area contributed by atoms with Crippen LogP contribution in [0, 0.1) is 0 Å². The molecule has 10 heteroatoms. The minimum atomic E-state index is -4.95. The van der Waals surface area contributed by atoms with E-state index in [1.807, 2.05) is 4.72 Å². The summed E-state index contributed by atoms with van der Waals surface area (Å²) in [6.45, 7) is 0. The smallest absolute Gasteiger partial charge is 0.481 e. The van der Waals surface area contributed by atoms with Crippen molar-refractivity contribution in [3.05, 3.63) is 24.3 Å². The largest absolute Gasteiger partial charge is 0.573 e. The summed E-state index contributed by atoms with van der Waals surface area (Å²) in [5.74, 6) is -2.38. The highest BCUT2D eigenvalue weighted by molar-refractivity contribution is 7.92. The topological polar surface area (TPSA) is 92.7 Å². The van der Waals surface area contributed by atoms with Gasteiger partial charge in [-0.15, -0.1) is 13.2 Å². The fraction of sp³-hybridized carbons (Fsp3) is 0.364. The van der Waals surface area contributed by atoms with E-state index in [4.69, 9.17) is 5.11 Å². The Labute approximate surface area is 118 Å². The van der Waals surface area contributed by atoms with Crippen molar-refractivity contribution in [1.29, 1.82) is 0 Å². The summed E-state index contributed by atoms with van der Waals surface area (Å²) in [6.07, 6.45) is -5.47. The number of sulfonamides is 1. The molecule has 0 aliphatic rings. The summed E-state index contributed by atoms with van der Waals surface area (Å²) in [4.78, 5) is 10.3. The Morgan fingerprint density at radius 2 is 1.90 bits per heavy atom. The monoisotopic (exact) mass is 327 g/mol. The molecule has 0 spiro atoms. The van der Waals surface area contributed by atoms with E-state index in [9.17, 15) is 26.4 Å². The van der Waals surface area contributed by atoms with Crippen LogP contribution >= 0.6 is 0 Å². The lowest BCUT2D eigenvalue weighted by atomic mass is 10.3. The standard InChI is InChI=1S/C11H12F3NO5S/c12-11(13,14)20-9-5-2-1-4-8(9)15-21(18,19)7-3-6-10(16)17/h1-2,4-5,15H,3,6-7H2,(H,16,17). The first-order valence-electron chi connectivity index (χ1n) is 5.66. The molecule has 1 aromatic rings. The zero-order valence-corrected chi connectivity index (χ0v) is 11.4. The number of carboxylic acid groups (broad SMARTS) is 1. The molecule has 21 heavy (non-hydrogen) atoms. The Bertz CT molecular complexity index is 600. The maximum atomic E-state index is 12.2. The van der Waals surface area contributed by atoms with Gasteiger partial charge in [-0.05, 0) is 18.6 Å². The molecule has 0 aliphatic heterocycles. The third-order valence-electron chi connectivity index (χ3n) is 2.18. The number of hydrogen-bond acceptors (Lipinski definition) is 4. The molecule has 0 atom stereocenters. The number of aliphatic carboxylic acids is 1. The maximum absolute atomic E-state index is 12.2. The molecule has 0 radical (unpaired) electrons. The quantitative estimate of drug-likeness (QED) is 0.801. The van der Waals surface area contributed by atoms with Gasteiger partial charge in [0, 0.05) is 6.42 Å². The summed E-state index contributed by atoms with van der Waals surface area (Å²) >= 11 is 0. The van der Waals surface area contributed by atoms with Crippen LogP contribution in [-0.4, -0.2) is 31.6 Å². The van der Waals surface area contributed by atoms with Crippen molar-refractivity contribution in [2.24, 2.45) is 0 Å². The second-order valence-corrected chi connectivity index (χ2v) is 5.80. The Morgan fingerprint density at radius 3 is 2.48 bits per heavy atom. The van der Waals surface area contributed by atoms with Crippen molar-refractivity contribution in [3.8, 4) is 5.75 Å². The maximum Gasteiger partial charge on any atom is 0.573 e. The fourth-order valence-electron chi connectivity index (χ4n) is 1.40. The molecule has 0 unspecified atom stereocenters. The summed E-state index contributed by atoms with van der Waals surface area (Å²) in [6, 6.07) is 4.65. The Balaban J connectivity index is 2.80. The van der Waals surface area contributed by atoms with Gasteiger partial charge in [-0.2, -0.15) is 0 Å². The number of nitrogens with one attached hydrogen (secondary N) is 1. The number of carboxylic acids is 1. The highest BCUT2D eigenvalue weighted by Crippen LogP contribution is 2.30. The van der Waals surface area contributed by atoms with Gasteiger partial charge in [0.2, 0.25) is 10.0 Å². The molecule has 0 aromatic heterocycles. The van der Waals surface area contributed by atoms with Gasteiger partial charge in [0.15, 0.2) is 5.75 Å². The number of carbonyl (C=O) groups is 1. The normalized spacial score (nSPS) is 12.0. The molecule has 0 heterocycles. The zero-order chi connectivity index (χ0) is 16.1. The van der Waals surface area contributed by atoms with Crippen molar-refractivity contribution in [1.82, 2.24) is 0 Å². The summed E-state index contributed by atoms with van der Waals surface area (Å²) in [7, 11) is -3.97. The van der Waals surface area contributed by atoms with Gasteiger partial charge in [0.25, 0.3) is 0 Å². The minimum Gasteiger partial charge on any atom is -0.481 e. The zero-order valence-electron chi connectivity index (χ0n) is 10.6. The van der Waals surface area contributed by atoms with Crippen molar-refractivity contribution in [2.75, 3.05) is 10.5 Å². The second-order valence-electron chi connectivity index (χ2n) is 3.96. The van der Waals surface area contributed by atoms with Gasteiger partial charge in [-0.1, -0.05) is 12.1 Å². The van der Waals surface area contributed by atoms with Gasteiger partial charge >= 0.3 is 12.3 Å². The number of ether oxygens (including phenoxy) is 1. The third kappa shape index (κ3) is 6.84. The summed E-state index contributed by atoms with van der Waals surface area (Å²) in [5, 5.41) is 8.41. The number of anilines is 1. The van der Waals surface area contributed by atoms with E-state index in [0.717, 1.165) is 12.1 Å². The van der Waals surface area contributed by atoms with Gasteiger partial charge in [0.05, 0.1) is 11.4 Å². The van der Waals surface area contributed by atoms with Gasteiger partial charge in [-0.3, -0.25) is 9.52 Å². The van der Waals surface area contributed by atoms with Crippen molar-refractivity contribution in [3.63, 3.8) is 0 Å². The molecular weight excluding hydrogens is 315 g/mol. The molecule has 2 N–H and O–H groups in total. The lowest BCUT2D eigenvalue weighted by Crippen LogP contribution is -2.21. The molecule has 0 saturated carbocycles. The van der Waals surface area contributed by atoms with Crippen LogP contribution in [0.1, 0.15) is 12.8 Å². The van der Waals surface area contributed by atoms with Crippen LogP contribution in [-0.2, 0) is 14.8 Å². The number of halogens is 3. The number of alkyl halides is 3. The van der Waals surface area contributed by atoms with Crippen molar-refractivity contribution < 1.29 is 36.2 Å². The van der Waals surface area contributed by atoms with Crippen LogP contribution in [0.2, 0.25) is 0 Å². The van der Waals surface area contributed by atoms with Crippen LogP contribution in [0.5, 0.6) is 5.75 Å². The molecule has 0 aliphatic carbocycles. The van der Waals surface area contributed by atoms with Crippen LogP contribution in [0.15, 0.2) is 24.3 Å². The highest BCUT2D eigenvalue weighted by atomic mass is 32.2. The predicted octanol–water partition coefficient (Wildman–Crippen LogP) is 2.19. The highest BCUT2D eigenvalue weighted by Gasteiger charge is 2.32. The summed E-state index contributed by atoms with van der Waals surface area (Å²) in [5.41, 5.74) is -0.370. The first kappa shape index (κ1) is 17.1. The van der Waals surface area contributed by atoms with E-state index >= 15 is 0 Å². The van der Waals surface area contributed by atoms with Crippen molar-refractivity contribution >= 4 is 21.7 Å². The molecule has 118 valence electrons. The molecule has 6 nitrogen and oxygen atoms in total.